The first-order chi connectivity index (χ1) is 8.08. The van der Waals surface area contributed by atoms with Gasteiger partial charge in [0.2, 0.25) is 5.91 Å². The topological polar surface area (TPSA) is 49.3 Å². The predicted octanol–water partition coefficient (Wildman–Crippen LogP) is 2.48. The third-order valence-electron chi connectivity index (χ3n) is 3.96. The van der Waals surface area contributed by atoms with Crippen LogP contribution >= 0.6 is 0 Å². The molecular formula is C14H27NO2. The highest BCUT2D eigenvalue weighted by Crippen LogP contribution is 2.40. The molecule has 0 aromatic heterocycles. The molecule has 1 atom stereocenters. The van der Waals surface area contributed by atoms with Crippen molar-refractivity contribution in [2.75, 3.05) is 13.2 Å². The van der Waals surface area contributed by atoms with Gasteiger partial charge < -0.3 is 10.4 Å². The average molecular weight is 241 g/mol. The van der Waals surface area contributed by atoms with Gasteiger partial charge in [-0.2, -0.15) is 0 Å². The third kappa shape index (κ3) is 4.66. The van der Waals surface area contributed by atoms with E-state index in [9.17, 15) is 4.79 Å². The van der Waals surface area contributed by atoms with Gasteiger partial charge in [0.1, 0.15) is 0 Å². The predicted molar refractivity (Wildman–Crippen MR) is 69.7 cm³/mol. The van der Waals surface area contributed by atoms with E-state index in [1.807, 2.05) is 0 Å². The van der Waals surface area contributed by atoms with E-state index >= 15 is 0 Å². The maximum absolute atomic E-state index is 12.1. The molecule has 3 nitrogen and oxygen atoms in total. The minimum Gasteiger partial charge on any atom is -0.396 e. The van der Waals surface area contributed by atoms with E-state index < -0.39 is 0 Å². The first-order valence-electron chi connectivity index (χ1n) is 6.96. The van der Waals surface area contributed by atoms with Crippen LogP contribution < -0.4 is 5.32 Å². The van der Waals surface area contributed by atoms with Gasteiger partial charge >= 0.3 is 0 Å². The van der Waals surface area contributed by atoms with Crippen LogP contribution in [0.25, 0.3) is 0 Å². The fraction of sp³-hybridized carbons (Fsp3) is 0.929. The number of carbonyl (C=O) groups excluding carboxylic acids is 1. The summed E-state index contributed by atoms with van der Waals surface area (Å²) in [5.41, 5.74) is 0.160. The minimum absolute atomic E-state index is 0.160. The first-order valence-corrected chi connectivity index (χ1v) is 6.96. The summed E-state index contributed by atoms with van der Waals surface area (Å²) < 4.78 is 0. The van der Waals surface area contributed by atoms with Crippen LogP contribution in [0.2, 0.25) is 0 Å². The van der Waals surface area contributed by atoms with Gasteiger partial charge in [-0.25, -0.2) is 0 Å². The molecule has 17 heavy (non-hydrogen) atoms. The lowest BCUT2D eigenvalue weighted by atomic mass is 9.68. The molecule has 1 amide bonds. The average Bonchev–Trinajstić information content (AvgIpc) is 2.28. The van der Waals surface area contributed by atoms with E-state index in [0.29, 0.717) is 0 Å². The number of hydrogen-bond donors (Lipinski definition) is 2. The molecule has 1 aliphatic rings. The number of hydrogen-bond acceptors (Lipinski definition) is 2. The smallest absolute Gasteiger partial charge is 0.223 e. The second kappa shape index (κ2) is 7.00. The Morgan fingerprint density at radius 3 is 2.71 bits per heavy atom. The number of nitrogens with one attached hydrogen (secondary N) is 1. The number of aliphatic hydroxyl groups excluding tert-OH is 1. The van der Waals surface area contributed by atoms with Gasteiger partial charge in [0.25, 0.3) is 0 Å². The minimum atomic E-state index is 0.160. The molecule has 0 radical (unpaired) electrons. The fourth-order valence-corrected chi connectivity index (χ4v) is 2.73. The number of aliphatic hydroxyl groups is 1. The highest BCUT2D eigenvalue weighted by molar-refractivity contribution is 5.79. The van der Waals surface area contributed by atoms with Crippen molar-refractivity contribution < 1.29 is 9.90 Å². The summed E-state index contributed by atoms with van der Waals surface area (Å²) >= 11 is 0. The molecule has 1 unspecified atom stereocenters. The quantitative estimate of drug-likeness (QED) is 0.702. The largest absolute Gasteiger partial charge is 0.396 e. The van der Waals surface area contributed by atoms with E-state index in [4.69, 9.17) is 5.11 Å². The molecule has 1 fully saturated rings. The number of unbranched alkanes of at least 4 members (excludes halogenated alkanes) is 2. The van der Waals surface area contributed by atoms with Crippen molar-refractivity contribution >= 4 is 5.91 Å². The Balaban J connectivity index is 2.26. The first kappa shape index (κ1) is 14.5. The van der Waals surface area contributed by atoms with Crippen molar-refractivity contribution in [2.45, 2.75) is 58.8 Å². The summed E-state index contributed by atoms with van der Waals surface area (Å²) in [6.07, 6.45) is 7.44. The molecule has 0 aromatic carbocycles. The van der Waals surface area contributed by atoms with Crippen LogP contribution in [-0.4, -0.2) is 24.2 Å². The second-order valence-electron chi connectivity index (χ2n) is 5.86. The molecular weight excluding hydrogens is 214 g/mol. The van der Waals surface area contributed by atoms with Crippen molar-refractivity contribution in [3.63, 3.8) is 0 Å². The van der Waals surface area contributed by atoms with Gasteiger partial charge in [0.15, 0.2) is 0 Å². The van der Waals surface area contributed by atoms with Crippen LogP contribution in [0, 0.1) is 11.3 Å². The van der Waals surface area contributed by atoms with E-state index in [1.54, 1.807) is 0 Å². The normalized spacial score (nSPS) is 23.4. The van der Waals surface area contributed by atoms with Crippen molar-refractivity contribution in [3.8, 4) is 0 Å². The Kier molecular flexibility index (Phi) is 5.96. The number of rotatable bonds is 6. The fourth-order valence-electron chi connectivity index (χ4n) is 2.73. The van der Waals surface area contributed by atoms with E-state index in [1.165, 1.54) is 12.8 Å². The molecule has 100 valence electrons. The molecule has 3 heteroatoms. The second-order valence-corrected chi connectivity index (χ2v) is 5.86. The number of amides is 1. The van der Waals surface area contributed by atoms with Crippen LogP contribution in [0.15, 0.2) is 0 Å². The highest BCUT2D eigenvalue weighted by Gasteiger charge is 2.36. The standard InChI is InChI=1S/C14H27NO2/c1-14(2)9-5-4-8-12(14)13(17)15-10-6-3-7-11-16/h12,16H,3-11H2,1-2H3,(H,15,17). The molecule has 0 saturated heterocycles. The summed E-state index contributed by atoms with van der Waals surface area (Å²) in [7, 11) is 0. The third-order valence-corrected chi connectivity index (χ3v) is 3.96. The summed E-state index contributed by atoms with van der Waals surface area (Å²) in [6, 6.07) is 0. The molecule has 2 N–H and O–H groups in total. The molecule has 0 heterocycles. The van der Waals surface area contributed by atoms with Gasteiger partial charge in [0, 0.05) is 19.1 Å². The van der Waals surface area contributed by atoms with Crippen LogP contribution in [0.3, 0.4) is 0 Å². The zero-order valence-electron chi connectivity index (χ0n) is 11.3. The van der Waals surface area contributed by atoms with E-state index in [0.717, 1.165) is 38.6 Å². The molecule has 0 bridgehead atoms. The van der Waals surface area contributed by atoms with Gasteiger partial charge in [-0.3, -0.25) is 4.79 Å². The monoisotopic (exact) mass is 241 g/mol. The van der Waals surface area contributed by atoms with Crippen LogP contribution in [-0.2, 0) is 4.79 Å². The van der Waals surface area contributed by atoms with Crippen LogP contribution in [0.5, 0.6) is 0 Å². The summed E-state index contributed by atoms with van der Waals surface area (Å²) in [4.78, 5) is 12.1. The summed E-state index contributed by atoms with van der Waals surface area (Å²) in [5, 5.41) is 11.7. The van der Waals surface area contributed by atoms with Gasteiger partial charge in [-0.1, -0.05) is 26.7 Å². The van der Waals surface area contributed by atoms with Gasteiger partial charge in [0.05, 0.1) is 0 Å². The molecule has 0 aromatic rings. The lowest BCUT2D eigenvalue weighted by Gasteiger charge is -2.37. The lowest BCUT2D eigenvalue weighted by molar-refractivity contribution is -0.130. The molecule has 1 rings (SSSR count). The van der Waals surface area contributed by atoms with Crippen molar-refractivity contribution in [1.82, 2.24) is 5.32 Å². The lowest BCUT2D eigenvalue weighted by Crippen LogP contribution is -2.41. The molecule has 0 aliphatic heterocycles. The Bertz CT molecular complexity index is 238. The van der Waals surface area contributed by atoms with E-state index in [2.05, 4.69) is 19.2 Å². The zero-order valence-corrected chi connectivity index (χ0v) is 11.3. The molecule has 0 spiro atoms. The molecule has 1 saturated carbocycles. The Hall–Kier alpha value is -0.570. The van der Waals surface area contributed by atoms with Gasteiger partial charge in [-0.15, -0.1) is 0 Å². The van der Waals surface area contributed by atoms with E-state index in [-0.39, 0.29) is 23.8 Å². The number of carbonyl (C=O) groups is 1. The van der Waals surface area contributed by atoms with Gasteiger partial charge in [-0.05, 0) is 37.5 Å². The summed E-state index contributed by atoms with van der Waals surface area (Å²) in [5.74, 6) is 0.424. The maximum Gasteiger partial charge on any atom is 0.223 e. The molecule has 1 aliphatic carbocycles. The Morgan fingerprint density at radius 1 is 1.29 bits per heavy atom. The van der Waals surface area contributed by atoms with Crippen molar-refractivity contribution in [3.05, 3.63) is 0 Å². The van der Waals surface area contributed by atoms with Crippen molar-refractivity contribution in [1.29, 1.82) is 0 Å². The van der Waals surface area contributed by atoms with Crippen LogP contribution in [0.4, 0.5) is 0 Å². The summed E-state index contributed by atoms with van der Waals surface area (Å²) in [6.45, 7) is 5.43. The SMILES string of the molecule is CC1(C)CCCCC1C(=O)NCCCCCO. The highest BCUT2D eigenvalue weighted by atomic mass is 16.2. The van der Waals surface area contributed by atoms with Crippen molar-refractivity contribution in [2.24, 2.45) is 11.3 Å². The zero-order chi connectivity index (χ0) is 12.7. The maximum atomic E-state index is 12.1. The Labute approximate surface area is 105 Å². The van der Waals surface area contributed by atoms with Crippen LogP contribution in [0.1, 0.15) is 58.8 Å². The Morgan fingerprint density at radius 2 is 2.06 bits per heavy atom.